The molecule has 0 atom stereocenters. The Morgan fingerprint density at radius 2 is 1.55 bits per heavy atom. The number of ether oxygens (including phenoxy) is 5. The van der Waals surface area contributed by atoms with Crippen LogP contribution in [-0.4, -0.2) is 26.6 Å². The Hall–Kier alpha value is -4.16. The minimum absolute atomic E-state index is 0.225. The standard InChI is InChI=1S/C31H27ClO6/c1-20-22(7-5-8-25(20)21-10-11-28-31(15-21)36-13-12-35-28)18-38-30-16-29(24(17-33)14-26(30)32)37-19-23-6-3-4-9-27(23)34-2/h3-11,14-17H,12-13,18-19H2,1-2H3. The lowest BCUT2D eigenvalue weighted by atomic mass is 9.96. The molecule has 0 fully saturated rings. The molecule has 4 aromatic rings. The number of benzene rings is 4. The quantitative estimate of drug-likeness (QED) is 0.216. The Bertz CT molecular complexity index is 1470. The molecule has 4 aromatic carbocycles. The number of hydrogen-bond donors (Lipinski definition) is 0. The molecule has 0 bridgehead atoms. The third-order valence-electron chi connectivity index (χ3n) is 6.45. The maximum atomic E-state index is 11.7. The highest BCUT2D eigenvalue weighted by Crippen LogP contribution is 2.37. The van der Waals surface area contributed by atoms with Crippen LogP contribution in [0.3, 0.4) is 0 Å². The molecule has 1 aliphatic rings. The SMILES string of the molecule is COc1ccccc1COc1cc(OCc2cccc(-c3ccc4c(c3)OCCO4)c2C)c(Cl)cc1C=O. The van der Waals surface area contributed by atoms with Gasteiger partial charge in [-0.25, -0.2) is 0 Å². The van der Waals surface area contributed by atoms with Crippen LogP contribution in [0.15, 0.2) is 72.8 Å². The predicted molar refractivity (Wildman–Crippen MR) is 146 cm³/mol. The van der Waals surface area contributed by atoms with Gasteiger partial charge in [0.25, 0.3) is 0 Å². The van der Waals surface area contributed by atoms with E-state index < -0.39 is 0 Å². The van der Waals surface area contributed by atoms with Crippen LogP contribution in [0.4, 0.5) is 0 Å². The van der Waals surface area contributed by atoms with Gasteiger partial charge >= 0.3 is 0 Å². The molecule has 6 nitrogen and oxygen atoms in total. The predicted octanol–water partition coefficient (Wildman–Crippen LogP) is 7.07. The first-order chi connectivity index (χ1) is 18.6. The highest BCUT2D eigenvalue weighted by atomic mass is 35.5. The highest BCUT2D eigenvalue weighted by molar-refractivity contribution is 6.32. The van der Waals surface area contributed by atoms with Crippen molar-refractivity contribution in [2.24, 2.45) is 0 Å². The maximum absolute atomic E-state index is 11.7. The largest absolute Gasteiger partial charge is 0.496 e. The number of aldehydes is 1. The molecule has 1 heterocycles. The second-order valence-electron chi connectivity index (χ2n) is 8.78. The lowest BCUT2D eigenvalue weighted by molar-refractivity contribution is 0.111. The van der Waals surface area contributed by atoms with Crippen molar-refractivity contribution < 1.29 is 28.5 Å². The second-order valence-corrected chi connectivity index (χ2v) is 9.18. The van der Waals surface area contributed by atoms with E-state index in [0.717, 1.165) is 39.3 Å². The van der Waals surface area contributed by atoms with Crippen molar-refractivity contribution in [1.29, 1.82) is 0 Å². The Kier molecular flexibility index (Phi) is 7.70. The smallest absolute Gasteiger partial charge is 0.161 e. The molecular formula is C31H27ClO6. The number of hydrogen-bond acceptors (Lipinski definition) is 6. The number of halogens is 1. The van der Waals surface area contributed by atoms with Gasteiger partial charge in [0.05, 0.1) is 17.7 Å². The Morgan fingerprint density at radius 3 is 2.37 bits per heavy atom. The molecule has 0 unspecified atom stereocenters. The summed E-state index contributed by atoms with van der Waals surface area (Å²) in [7, 11) is 1.61. The van der Waals surface area contributed by atoms with Crippen LogP contribution in [-0.2, 0) is 13.2 Å². The van der Waals surface area contributed by atoms with Gasteiger partial charge in [0.2, 0.25) is 0 Å². The summed E-state index contributed by atoms with van der Waals surface area (Å²) in [6.45, 7) is 3.67. The summed E-state index contributed by atoms with van der Waals surface area (Å²) in [6, 6.07) is 22.8. The van der Waals surface area contributed by atoms with E-state index in [1.807, 2.05) is 54.6 Å². The Labute approximate surface area is 226 Å². The van der Waals surface area contributed by atoms with Crippen molar-refractivity contribution in [1.82, 2.24) is 0 Å². The molecular weight excluding hydrogens is 504 g/mol. The molecule has 5 rings (SSSR count). The Morgan fingerprint density at radius 1 is 0.816 bits per heavy atom. The molecule has 7 heteroatoms. The van der Waals surface area contributed by atoms with E-state index >= 15 is 0 Å². The van der Waals surface area contributed by atoms with Crippen LogP contribution in [0.1, 0.15) is 27.0 Å². The van der Waals surface area contributed by atoms with E-state index in [1.54, 1.807) is 19.2 Å². The van der Waals surface area contributed by atoms with E-state index in [4.69, 9.17) is 35.3 Å². The number of fused-ring (bicyclic) bond motifs is 1. The minimum Gasteiger partial charge on any atom is -0.496 e. The molecule has 0 amide bonds. The molecule has 0 N–H and O–H groups in total. The summed E-state index contributed by atoms with van der Waals surface area (Å²) in [6.07, 6.45) is 0.716. The number of rotatable bonds is 9. The number of carbonyl (C=O) groups excluding carboxylic acids is 1. The first-order valence-electron chi connectivity index (χ1n) is 12.2. The van der Waals surface area contributed by atoms with Crippen LogP contribution in [0.5, 0.6) is 28.7 Å². The zero-order valence-electron chi connectivity index (χ0n) is 21.2. The molecule has 0 aromatic heterocycles. The summed E-state index contributed by atoms with van der Waals surface area (Å²) in [5.74, 6) is 3.02. The van der Waals surface area contributed by atoms with Crippen LogP contribution in [0.2, 0.25) is 5.02 Å². The van der Waals surface area contributed by atoms with E-state index in [9.17, 15) is 4.79 Å². The van der Waals surface area contributed by atoms with Gasteiger partial charge in [0, 0.05) is 11.6 Å². The van der Waals surface area contributed by atoms with E-state index in [0.29, 0.717) is 47.3 Å². The van der Waals surface area contributed by atoms with E-state index in [-0.39, 0.29) is 13.2 Å². The van der Waals surface area contributed by atoms with Crippen molar-refractivity contribution in [3.8, 4) is 39.9 Å². The molecule has 194 valence electrons. The number of carbonyl (C=O) groups is 1. The van der Waals surface area contributed by atoms with Gasteiger partial charge in [-0.2, -0.15) is 0 Å². The fourth-order valence-corrected chi connectivity index (χ4v) is 4.60. The first kappa shape index (κ1) is 25.5. The zero-order valence-corrected chi connectivity index (χ0v) is 21.9. The van der Waals surface area contributed by atoms with Gasteiger partial charge in [-0.1, -0.05) is 54.1 Å². The van der Waals surface area contributed by atoms with E-state index in [1.165, 1.54) is 0 Å². The maximum Gasteiger partial charge on any atom is 0.161 e. The van der Waals surface area contributed by atoms with Gasteiger partial charge in [0.15, 0.2) is 17.8 Å². The van der Waals surface area contributed by atoms with Crippen LogP contribution < -0.4 is 23.7 Å². The lowest BCUT2D eigenvalue weighted by Crippen LogP contribution is -2.15. The molecule has 0 aliphatic carbocycles. The molecule has 0 spiro atoms. The monoisotopic (exact) mass is 530 g/mol. The molecule has 0 radical (unpaired) electrons. The summed E-state index contributed by atoms with van der Waals surface area (Å²) in [5.41, 5.74) is 5.40. The van der Waals surface area contributed by atoms with Crippen LogP contribution in [0.25, 0.3) is 11.1 Å². The van der Waals surface area contributed by atoms with Crippen molar-refractivity contribution in [3.63, 3.8) is 0 Å². The third-order valence-corrected chi connectivity index (χ3v) is 6.74. The van der Waals surface area contributed by atoms with Crippen LogP contribution in [0, 0.1) is 6.92 Å². The summed E-state index contributed by atoms with van der Waals surface area (Å²) in [4.78, 5) is 11.7. The zero-order chi connectivity index (χ0) is 26.5. The first-order valence-corrected chi connectivity index (χ1v) is 12.6. The average molecular weight is 531 g/mol. The van der Waals surface area contributed by atoms with Crippen molar-refractivity contribution in [3.05, 3.63) is 100 Å². The van der Waals surface area contributed by atoms with E-state index in [2.05, 4.69) is 13.0 Å². The molecule has 0 saturated carbocycles. The highest BCUT2D eigenvalue weighted by Gasteiger charge is 2.16. The van der Waals surface area contributed by atoms with Gasteiger partial charge in [0.1, 0.15) is 43.7 Å². The normalized spacial score (nSPS) is 12.1. The average Bonchev–Trinajstić information content (AvgIpc) is 2.96. The van der Waals surface area contributed by atoms with Crippen molar-refractivity contribution in [2.45, 2.75) is 20.1 Å². The lowest BCUT2D eigenvalue weighted by Gasteiger charge is -2.20. The van der Waals surface area contributed by atoms with Gasteiger partial charge in [-0.15, -0.1) is 0 Å². The van der Waals surface area contributed by atoms with Gasteiger partial charge in [-0.05, 0) is 53.4 Å². The fraction of sp³-hybridized carbons (Fsp3) is 0.194. The topological polar surface area (TPSA) is 63.2 Å². The summed E-state index contributed by atoms with van der Waals surface area (Å²) in [5, 5.41) is 0.331. The number of para-hydroxylation sites is 1. The molecule has 0 saturated heterocycles. The Balaban J connectivity index is 1.35. The fourth-order valence-electron chi connectivity index (χ4n) is 4.37. The molecule has 38 heavy (non-hydrogen) atoms. The minimum atomic E-state index is 0.225. The second kappa shape index (κ2) is 11.5. The van der Waals surface area contributed by atoms with Gasteiger partial charge in [-0.3, -0.25) is 4.79 Å². The summed E-state index contributed by atoms with van der Waals surface area (Å²) >= 11 is 6.46. The third kappa shape index (κ3) is 5.41. The van der Waals surface area contributed by atoms with Crippen LogP contribution >= 0.6 is 11.6 Å². The van der Waals surface area contributed by atoms with Crippen molar-refractivity contribution in [2.75, 3.05) is 20.3 Å². The van der Waals surface area contributed by atoms with Gasteiger partial charge < -0.3 is 23.7 Å². The van der Waals surface area contributed by atoms with Crippen molar-refractivity contribution >= 4 is 17.9 Å². The number of methoxy groups -OCH3 is 1. The molecule has 1 aliphatic heterocycles. The summed E-state index contributed by atoms with van der Waals surface area (Å²) < 4.78 is 28.9.